The Morgan fingerprint density at radius 3 is 2.79 bits per heavy atom. The van der Waals surface area contributed by atoms with Crippen LogP contribution in [0.3, 0.4) is 0 Å². The number of rotatable bonds is 5. The highest BCUT2D eigenvalue weighted by Crippen LogP contribution is 2.33. The predicted molar refractivity (Wildman–Crippen MR) is 119 cm³/mol. The van der Waals surface area contributed by atoms with Gasteiger partial charge in [-0.25, -0.2) is 0 Å². The molecule has 1 aromatic heterocycles. The van der Waals surface area contributed by atoms with Crippen molar-refractivity contribution in [1.82, 2.24) is 4.90 Å². The van der Waals surface area contributed by atoms with Gasteiger partial charge in [0.05, 0.1) is 10.9 Å². The Bertz CT molecular complexity index is 986. The first kappa shape index (κ1) is 20.0. The molecule has 2 aromatic carbocycles. The van der Waals surface area contributed by atoms with Gasteiger partial charge in [0, 0.05) is 17.1 Å². The summed E-state index contributed by atoms with van der Waals surface area (Å²) in [7, 11) is 0. The van der Waals surface area contributed by atoms with Crippen molar-refractivity contribution in [3.63, 3.8) is 0 Å². The summed E-state index contributed by atoms with van der Waals surface area (Å²) >= 11 is 7.57. The molecule has 0 bridgehead atoms. The van der Waals surface area contributed by atoms with E-state index in [9.17, 15) is 4.79 Å². The van der Waals surface area contributed by atoms with Crippen molar-refractivity contribution >= 4 is 28.8 Å². The number of piperidine rings is 1. The van der Waals surface area contributed by atoms with Crippen molar-refractivity contribution in [2.75, 3.05) is 6.54 Å². The van der Waals surface area contributed by atoms with Crippen molar-refractivity contribution in [3.05, 3.63) is 86.6 Å². The van der Waals surface area contributed by atoms with E-state index in [4.69, 9.17) is 16.3 Å². The first-order valence-corrected chi connectivity index (χ1v) is 11.2. The molecule has 0 spiro atoms. The third-order valence-electron chi connectivity index (χ3n) is 5.35. The topological polar surface area (TPSA) is 29.5 Å². The first-order chi connectivity index (χ1) is 14.1. The number of amides is 1. The van der Waals surface area contributed by atoms with E-state index in [1.807, 2.05) is 59.7 Å². The summed E-state index contributed by atoms with van der Waals surface area (Å²) in [5, 5.41) is 2.74. The molecular weight excluding hydrogens is 402 g/mol. The van der Waals surface area contributed by atoms with Gasteiger partial charge in [-0.05, 0) is 67.0 Å². The second-order valence-electron chi connectivity index (χ2n) is 7.44. The van der Waals surface area contributed by atoms with E-state index < -0.39 is 0 Å². The van der Waals surface area contributed by atoms with E-state index >= 15 is 0 Å². The summed E-state index contributed by atoms with van der Waals surface area (Å²) in [5.74, 6) is 0.906. The summed E-state index contributed by atoms with van der Waals surface area (Å²) < 4.78 is 5.88. The minimum atomic E-state index is 0.122. The van der Waals surface area contributed by atoms with Gasteiger partial charge >= 0.3 is 0 Å². The number of halogens is 1. The van der Waals surface area contributed by atoms with Gasteiger partial charge < -0.3 is 9.64 Å². The molecule has 1 unspecified atom stereocenters. The van der Waals surface area contributed by atoms with Gasteiger partial charge in [-0.1, -0.05) is 41.9 Å². The van der Waals surface area contributed by atoms with Crippen LogP contribution in [-0.4, -0.2) is 17.4 Å². The molecule has 2 heterocycles. The SMILES string of the molecule is Cc1cc(OCc2csc(C(=O)N3CCCCC3c3ccccc3)c2)ccc1Cl. The van der Waals surface area contributed by atoms with Crippen LogP contribution in [0.4, 0.5) is 0 Å². The number of nitrogens with zero attached hydrogens (tertiary/aromatic N) is 1. The van der Waals surface area contributed by atoms with Crippen molar-refractivity contribution in [2.45, 2.75) is 38.8 Å². The molecule has 0 N–H and O–H groups in total. The molecule has 3 aromatic rings. The number of likely N-dealkylation sites (tertiary alicyclic amines) is 1. The fourth-order valence-corrected chi connectivity index (χ4v) is 4.74. The number of hydrogen-bond donors (Lipinski definition) is 0. The van der Waals surface area contributed by atoms with E-state index in [2.05, 4.69) is 12.1 Å². The largest absolute Gasteiger partial charge is 0.489 e. The highest BCUT2D eigenvalue weighted by molar-refractivity contribution is 7.12. The Hall–Kier alpha value is -2.30. The lowest BCUT2D eigenvalue weighted by molar-refractivity contribution is 0.0616. The maximum atomic E-state index is 13.2. The molecule has 1 fully saturated rings. The van der Waals surface area contributed by atoms with Crippen LogP contribution in [0.15, 0.2) is 60.0 Å². The van der Waals surface area contributed by atoms with Crippen LogP contribution in [0.25, 0.3) is 0 Å². The number of aryl methyl sites for hydroxylation is 1. The van der Waals surface area contributed by atoms with E-state index in [0.29, 0.717) is 6.61 Å². The van der Waals surface area contributed by atoms with E-state index in [1.165, 1.54) is 16.9 Å². The molecule has 4 rings (SSSR count). The molecule has 29 heavy (non-hydrogen) atoms. The molecule has 0 aliphatic carbocycles. The van der Waals surface area contributed by atoms with Crippen LogP contribution >= 0.6 is 22.9 Å². The third-order valence-corrected chi connectivity index (χ3v) is 6.74. The maximum absolute atomic E-state index is 13.2. The van der Waals surface area contributed by atoms with Gasteiger partial charge in [0.1, 0.15) is 12.4 Å². The zero-order valence-electron chi connectivity index (χ0n) is 16.4. The summed E-state index contributed by atoms with van der Waals surface area (Å²) in [6, 6.07) is 18.1. The molecule has 1 aliphatic heterocycles. The van der Waals surface area contributed by atoms with Crippen molar-refractivity contribution in [1.29, 1.82) is 0 Å². The van der Waals surface area contributed by atoms with E-state index in [1.54, 1.807) is 0 Å². The fraction of sp³-hybridized carbons (Fsp3) is 0.292. The molecule has 150 valence electrons. The van der Waals surface area contributed by atoms with Gasteiger partial charge in [0.2, 0.25) is 0 Å². The number of carbonyl (C=O) groups excluding carboxylic acids is 1. The lowest BCUT2D eigenvalue weighted by Gasteiger charge is -2.36. The molecule has 1 aliphatic rings. The summed E-state index contributed by atoms with van der Waals surface area (Å²) in [5.41, 5.74) is 3.22. The van der Waals surface area contributed by atoms with Crippen LogP contribution in [0, 0.1) is 6.92 Å². The van der Waals surface area contributed by atoms with Crippen molar-refractivity contribution in [2.24, 2.45) is 0 Å². The Balaban J connectivity index is 1.45. The van der Waals surface area contributed by atoms with Crippen LogP contribution in [0.5, 0.6) is 5.75 Å². The standard InChI is InChI=1S/C24H24ClNO2S/c1-17-13-20(10-11-21(17)25)28-15-18-14-23(29-16-18)24(27)26-12-6-5-9-22(26)19-7-3-2-4-8-19/h2-4,7-8,10-11,13-14,16,22H,5-6,9,12,15H2,1H3. The second-order valence-corrected chi connectivity index (χ2v) is 8.76. The zero-order chi connectivity index (χ0) is 20.2. The number of carbonyl (C=O) groups is 1. The predicted octanol–water partition coefficient (Wildman–Crippen LogP) is 6.66. The fourth-order valence-electron chi connectivity index (χ4n) is 3.77. The molecule has 1 atom stereocenters. The van der Waals surface area contributed by atoms with Crippen LogP contribution in [0.2, 0.25) is 5.02 Å². The van der Waals surface area contributed by atoms with Crippen LogP contribution in [-0.2, 0) is 6.61 Å². The zero-order valence-corrected chi connectivity index (χ0v) is 18.0. The smallest absolute Gasteiger partial charge is 0.264 e. The van der Waals surface area contributed by atoms with Gasteiger partial charge in [-0.2, -0.15) is 0 Å². The molecule has 1 saturated heterocycles. The summed E-state index contributed by atoms with van der Waals surface area (Å²) in [6.45, 7) is 3.21. The molecule has 3 nitrogen and oxygen atoms in total. The normalized spacial score (nSPS) is 16.6. The number of benzene rings is 2. The Morgan fingerprint density at radius 1 is 1.17 bits per heavy atom. The minimum Gasteiger partial charge on any atom is -0.489 e. The lowest BCUT2D eigenvalue weighted by atomic mass is 9.95. The third kappa shape index (κ3) is 4.65. The average Bonchev–Trinajstić information content (AvgIpc) is 3.24. The lowest BCUT2D eigenvalue weighted by Crippen LogP contribution is -2.38. The van der Waals surface area contributed by atoms with Gasteiger partial charge in [0.15, 0.2) is 0 Å². The van der Waals surface area contributed by atoms with Gasteiger partial charge in [-0.3, -0.25) is 4.79 Å². The second kappa shape index (κ2) is 9.02. The van der Waals surface area contributed by atoms with Crippen LogP contribution < -0.4 is 4.74 Å². The highest BCUT2D eigenvalue weighted by Gasteiger charge is 2.29. The first-order valence-electron chi connectivity index (χ1n) is 9.94. The Morgan fingerprint density at radius 2 is 2.00 bits per heavy atom. The number of thiophene rings is 1. The van der Waals surface area contributed by atoms with E-state index in [-0.39, 0.29) is 11.9 Å². The van der Waals surface area contributed by atoms with Crippen LogP contribution in [0.1, 0.15) is 51.7 Å². The molecule has 5 heteroatoms. The maximum Gasteiger partial charge on any atom is 0.264 e. The molecule has 1 amide bonds. The van der Waals surface area contributed by atoms with Gasteiger partial charge in [0.25, 0.3) is 5.91 Å². The van der Waals surface area contributed by atoms with Gasteiger partial charge in [-0.15, -0.1) is 11.3 Å². The molecular formula is C24H24ClNO2S. The quantitative estimate of drug-likeness (QED) is 0.457. The number of hydrogen-bond acceptors (Lipinski definition) is 3. The molecule has 0 radical (unpaired) electrons. The highest BCUT2D eigenvalue weighted by atomic mass is 35.5. The average molecular weight is 426 g/mol. The van der Waals surface area contributed by atoms with Crippen molar-refractivity contribution < 1.29 is 9.53 Å². The monoisotopic (exact) mass is 425 g/mol. The summed E-state index contributed by atoms with van der Waals surface area (Å²) in [6.07, 6.45) is 3.24. The molecule has 0 saturated carbocycles. The Labute approximate surface area is 180 Å². The minimum absolute atomic E-state index is 0.122. The van der Waals surface area contributed by atoms with E-state index in [0.717, 1.165) is 52.6 Å². The van der Waals surface area contributed by atoms with Crippen molar-refractivity contribution in [3.8, 4) is 5.75 Å². The number of ether oxygens (including phenoxy) is 1. The summed E-state index contributed by atoms with van der Waals surface area (Å²) in [4.78, 5) is 16.1. The Kier molecular flexibility index (Phi) is 6.22.